The Bertz CT molecular complexity index is 23.7. The molecule has 7 heavy (non-hydrogen) atoms. The molecular formula is C2H9BO4. The van der Waals surface area contributed by atoms with E-state index in [1.807, 2.05) is 0 Å². The first-order valence-electron chi connectivity index (χ1n) is 1.61. The average molecular weight is 108 g/mol. The van der Waals surface area contributed by atoms with Gasteiger partial charge in [-0.05, 0) is 0 Å². The van der Waals surface area contributed by atoms with Crippen LogP contribution in [0, 0.1) is 0 Å². The summed E-state index contributed by atoms with van der Waals surface area (Å²) in [6.07, 6.45) is 0. The first kappa shape index (κ1) is 10.0. The van der Waals surface area contributed by atoms with Gasteiger partial charge in [0.1, 0.15) is 0 Å². The fraction of sp³-hybridized carbons (Fsp3) is 1.00. The number of aliphatic hydroxyl groups excluding tert-OH is 1. The molecule has 0 aliphatic heterocycles. The van der Waals surface area contributed by atoms with Crippen LogP contribution in [0.1, 0.15) is 0 Å². The van der Waals surface area contributed by atoms with Crippen LogP contribution >= 0.6 is 0 Å². The third-order valence-corrected chi connectivity index (χ3v) is 0.211. The Hall–Kier alpha value is -0.0951. The zero-order valence-corrected chi connectivity index (χ0v) is 4.33. The van der Waals surface area contributed by atoms with E-state index in [2.05, 4.69) is 4.65 Å². The van der Waals surface area contributed by atoms with Crippen molar-refractivity contribution in [1.29, 1.82) is 0 Å². The number of hydrogen-bond acceptors (Lipinski definition) is 4. The maximum absolute atomic E-state index is 7.69. The van der Waals surface area contributed by atoms with E-state index >= 15 is 0 Å². The van der Waals surface area contributed by atoms with Crippen molar-refractivity contribution in [2.45, 2.75) is 0 Å². The van der Waals surface area contributed by atoms with Crippen molar-refractivity contribution in [3.05, 3.63) is 0 Å². The standard InChI is InChI=1S/CH5BO3.CH4O/c1-5-2(3)4;1-2/h3-4H,1H3;2H,1H3. The van der Waals surface area contributed by atoms with Crippen LogP contribution in [0.25, 0.3) is 0 Å². The van der Waals surface area contributed by atoms with E-state index < -0.39 is 7.32 Å². The van der Waals surface area contributed by atoms with Crippen LogP contribution in [-0.2, 0) is 4.65 Å². The molecule has 0 unspecified atom stereocenters. The molecule has 0 radical (unpaired) electrons. The lowest BCUT2D eigenvalue weighted by atomic mass is 10.3. The van der Waals surface area contributed by atoms with Crippen LogP contribution < -0.4 is 0 Å². The largest absolute Gasteiger partial charge is 0.633 e. The number of rotatable bonds is 1. The average Bonchev–Trinajstić information content (AvgIpc) is 1.73. The lowest BCUT2D eigenvalue weighted by Gasteiger charge is -1.84. The molecule has 4 nitrogen and oxygen atoms in total. The first-order valence-corrected chi connectivity index (χ1v) is 1.61. The van der Waals surface area contributed by atoms with E-state index in [1.54, 1.807) is 0 Å². The molecule has 0 aliphatic rings. The van der Waals surface area contributed by atoms with Crippen LogP contribution in [0.5, 0.6) is 0 Å². The van der Waals surface area contributed by atoms with Crippen LogP contribution in [0.15, 0.2) is 0 Å². The molecule has 0 heterocycles. The van der Waals surface area contributed by atoms with Gasteiger partial charge < -0.3 is 19.8 Å². The highest BCUT2D eigenvalue weighted by Crippen LogP contribution is 1.59. The SMILES string of the molecule is CO.COB(O)O. The molecule has 0 saturated carbocycles. The lowest BCUT2D eigenvalue weighted by Crippen LogP contribution is -2.12. The van der Waals surface area contributed by atoms with Crippen molar-refractivity contribution in [2.24, 2.45) is 0 Å². The summed E-state index contributed by atoms with van der Waals surface area (Å²) in [5.74, 6) is 0. The first-order chi connectivity index (χ1) is 3.27. The molecule has 3 N–H and O–H groups in total. The molecule has 0 amide bonds. The highest BCUT2D eigenvalue weighted by Gasteiger charge is 2.00. The molecule has 5 heteroatoms. The Morgan fingerprint density at radius 1 is 1.29 bits per heavy atom. The second kappa shape index (κ2) is 9.32. The van der Waals surface area contributed by atoms with Crippen LogP contribution in [0.4, 0.5) is 0 Å². The van der Waals surface area contributed by atoms with Gasteiger partial charge in [0, 0.05) is 14.2 Å². The van der Waals surface area contributed by atoms with Crippen molar-refractivity contribution < 1.29 is 19.8 Å². The summed E-state index contributed by atoms with van der Waals surface area (Å²) in [6, 6.07) is 0. The Morgan fingerprint density at radius 3 is 1.43 bits per heavy atom. The van der Waals surface area contributed by atoms with E-state index in [1.165, 1.54) is 7.11 Å². The minimum atomic E-state index is -1.62. The van der Waals surface area contributed by atoms with E-state index in [-0.39, 0.29) is 0 Å². The second-order valence-electron chi connectivity index (χ2n) is 0.562. The predicted molar refractivity (Wildman–Crippen MR) is 25.3 cm³/mol. The zero-order chi connectivity index (χ0) is 6.28. The second-order valence-corrected chi connectivity index (χ2v) is 0.562. The van der Waals surface area contributed by atoms with Gasteiger partial charge >= 0.3 is 7.32 Å². The summed E-state index contributed by atoms with van der Waals surface area (Å²) in [4.78, 5) is 0. The number of aliphatic hydroxyl groups is 1. The van der Waals surface area contributed by atoms with E-state index in [9.17, 15) is 0 Å². The third kappa shape index (κ3) is 24.8. The monoisotopic (exact) mass is 108 g/mol. The van der Waals surface area contributed by atoms with Crippen molar-refractivity contribution in [3.8, 4) is 0 Å². The Kier molecular flexibility index (Phi) is 13.3. The van der Waals surface area contributed by atoms with Crippen molar-refractivity contribution in [1.82, 2.24) is 0 Å². The van der Waals surface area contributed by atoms with Gasteiger partial charge in [0.05, 0.1) is 0 Å². The van der Waals surface area contributed by atoms with Crippen LogP contribution in [0.2, 0.25) is 0 Å². The summed E-state index contributed by atoms with van der Waals surface area (Å²) in [7, 11) is 0.583. The van der Waals surface area contributed by atoms with Crippen LogP contribution in [-0.4, -0.2) is 36.7 Å². The summed E-state index contributed by atoms with van der Waals surface area (Å²) < 4.78 is 3.86. The van der Waals surface area contributed by atoms with Gasteiger partial charge in [-0.3, -0.25) is 0 Å². The van der Waals surface area contributed by atoms with Crippen LogP contribution in [0.3, 0.4) is 0 Å². The van der Waals surface area contributed by atoms with Gasteiger partial charge in [0.2, 0.25) is 0 Å². The predicted octanol–water partition coefficient (Wildman–Crippen LogP) is -1.79. The molecule has 0 spiro atoms. The number of hydrogen-bond donors (Lipinski definition) is 3. The van der Waals surface area contributed by atoms with E-state index in [0.717, 1.165) is 7.11 Å². The van der Waals surface area contributed by atoms with Gasteiger partial charge in [-0.1, -0.05) is 0 Å². The summed E-state index contributed by atoms with van der Waals surface area (Å²) >= 11 is 0. The lowest BCUT2D eigenvalue weighted by molar-refractivity contribution is 0.229. The molecule has 0 aromatic carbocycles. The molecule has 0 aromatic heterocycles. The summed E-state index contributed by atoms with van der Waals surface area (Å²) in [5.41, 5.74) is 0. The maximum atomic E-state index is 7.69. The maximum Gasteiger partial charge on any atom is 0.633 e. The van der Waals surface area contributed by atoms with Gasteiger partial charge in [0.15, 0.2) is 0 Å². The summed E-state index contributed by atoms with van der Waals surface area (Å²) in [6.45, 7) is 0. The minimum absolute atomic E-state index is 1.00. The normalized spacial score (nSPS) is 6.43. The minimum Gasteiger partial charge on any atom is -0.402 e. The zero-order valence-electron chi connectivity index (χ0n) is 4.33. The van der Waals surface area contributed by atoms with Gasteiger partial charge in [-0.15, -0.1) is 0 Å². The van der Waals surface area contributed by atoms with Gasteiger partial charge in [-0.25, -0.2) is 0 Å². The Morgan fingerprint density at radius 2 is 1.43 bits per heavy atom. The highest BCUT2D eigenvalue weighted by atomic mass is 16.6. The molecule has 0 fully saturated rings. The Balaban J connectivity index is 0. The molecule has 0 aromatic rings. The quantitative estimate of drug-likeness (QED) is 0.347. The van der Waals surface area contributed by atoms with Gasteiger partial charge in [-0.2, -0.15) is 0 Å². The summed E-state index contributed by atoms with van der Waals surface area (Å²) in [5, 5.41) is 22.4. The van der Waals surface area contributed by atoms with Crippen molar-refractivity contribution >= 4 is 7.32 Å². The Labute approximate surface area is 42.5 Å². The molecule has 44 valence electrons. The molecule has 0 bridgehead atoms. The topological polar surface area (TPSA) is 69.9 Å². The molecule has 0 saturated heterocycles. The fourth-order valence-corrected chi connectivity index (χ4v) is 0. The van der Waals surface area contributed by atoms with Crippen molar-refractivity contribution in [2.75, 3.05) is 14.2 Å². The van der Waals surface area contributed by atoms with E-state index in [0.29, 0.717) is 0 Å². The molecule has 0 atom stereocenters. The van der Waals surface area contributed by atoms with Gasteiger partial charge in [0.25, 0.3) is 0 Å². The smallest absolute Gasteiger partial charge is 0.402 e. The molecular weight excluding hydrogens is 98.8 g/mol. The van der Waals surface area contributed by atoms with Crippen molar-refractivity contribution in [3.63, 3.8) is 0 Å². The third-order valence-electron chi connectivity index (χ3n) is 0.211. The van der Waals surface area contributed by atoms with E-state index in [4.69, 9.17) is 15.2 Å². The highest BCUT2D eigenvalue weighted by molar-refractivity contribution is 6.32. The fourth-order valence-electron chi connectivity index (χ4n) is 0. The molecule has 0 aliphatic carbocycles. The molecule has 0 rings (SSSR count).